The average molecular weight is 184 g/mol. The molecule has 1 unspecified atom stereocenters. The fourth-order valence-corrected chi connectivity index (χ4v) is 1.55. The molecule has 13 heavy (non-hydrogen) atoms. The van der Waals surface area contributed by atoms with E-state index in [1.54, 1.807) is 0 Å². The highest BCUT2D eigenvalue weighted by molar-refractivity contribution is 5.79. The predicted molar refractivity (Wildman–Crippen MR) is 53.2 cm³/mol. The van der Waals surface area contributed by atoms with Gasteiger partial charge in [0.25, 0.3) is 0 Å². The van der Waals surface area contributed by atoms with Crippen LogP contribution in [0.15, 0.2) is 0 Å². The van der Waals surface area contributed by atoms with E-state index in [0.29, 0.717) is 19.0 Å². The Kier molecular flexibility index (Phi) is 2.66. The third-order valence-electron chi connectivity index (χ3n) is 2.81. The lowest BCUT2D eigenvalue weighted by Crippen LogP contribution is -2.67. The van der Waals surface area contributed by atoms with Crippen molar-refractivity contribution in [3.05, 3.63) is 0 Å². The van der Waals surface area contributed by atoms with Crippen LogP contribution in [0.3, 0.4) is 0 Å². The van der Waals surface area contributed by atoms with Gasteiger partial charge in [-0.25, -0.2) is 0 Å². The van der Waals surface area contributed by atoms with Crippen molar-refractivity contribution in [3.8, 4) is 0 Å². The van der Waals surface area contributed by atoms with Gasteiger partial charge in [0.2, 0.25) is 5.91 Å². The molecule has 0 aromatic rings. The highest BCUT2D eigenvalue weighted by atomic mass is 16.2. The van der Waals surface area contributed by atoms with Crippen LogP contribution in [0.1, 0.15) is 27.7 Å². The van der Waals surface area contributed by atoms with Crippen LogP contribution < -0.4 is 5.73 Å². The van der Waals surface area contributed by atoms with Crippen LogP contribution in [0.25, 0.3) is 0 Å². The third-order valence-corrected chi connectivity index (χ3v) is 2.81. The Hall–Kier alpha value is -0.570. The molecule has 3 heteroatoms. The van der Waals surface area contributed by atoms with Gasteiger partial charge >= 0.3 is 0 Å². The van der Waals surface area contributed by atoms with Crippen LogP contribution in [-0.2, 0) is 4.79 Å². The molecule has 1 heterocycles. The van der Waals surface area contributed by atoms with Gasteiger partial charge < -0.3 is 10.6 Å². The van der Waals surface area contributed by atoms with Gasteiger partial charge in [-0.3, -0.25) is 4.79 Å². The minimum atomic E-state index is -0.146. The summed E-state index contributed by atoms with van der Waals surface area (Å²) in [6.45, 7) is 9.54. The highest BCUT2D eigenvalue weighted by Crippen LogP contribution is 2.22. The lowest BCUT2D eigenvalue weighted by Gasteiger charge is -2.46. The summed E-state index contributed by atoms with van der Waals surface area (Å²) in [6.07, 6.45) is 0. The Morgan fingerprint density at radius 1 is 1.38 bits per heavy atom. The number of amides is 1. The topological polar surface area (TPSA) is 46.3 Å². The standard InChI is InChI=1S/C10H20N2O/c1-7(2)8(3)9(13)12-5-10(4,11)6-12/h7-8H,5-6,11H2,1-4H3. The maximum atomic E-state index is 11.7. The van der Waals surface area contributed by atoms with Crippen molar-refractivity contribution < 1.29 is 4.79 Å². The van der Waals surface area contributed by atoms with E-state index in [2.05, 4.69) is 13.8 Å². The number of rotatable bonds is 2. The quantitative estimate of drug-likeness (QED) is 0.691. The van der Waals surface area contributed by atoms with Crippen molar-refractivity contribution in [2.45, 2.75) is 33.2 Å². The third kappa shape index (κ3) is 2.21. The Labute approximate surface area is 80.3 Å². The van der Waals surface area contributed by atoms with E-state index in [4.69, 9.17) is 5.73 Å². The summed E-state index contributed by atoms with van der Waals surface area (Å²) in [7, 11) is 0. The number of nitrogens with zero attached hydrogens (tertiary/aromatic N) is 1. The molecular formula is C10H20N2O. The monoisotopic (exact) mass is 184 g/mol. The zero-order valence-corrected chi connectivity index (χ0v) is 9.00. The molecule has 1 atom stereocenters. The summed E-state index contributed by atoms with van der Waals surface area (Å²) in [5.41, 5.74) is 5.69. The Morgan fingerprint density at radius 2 is 1.85 bits per heavy atom. The zero-order chi connectivity index (χ0) is 10.2. The number of hydrogen-bond donors (Lipinski definition) is 1. The summed E-state index contributed by atoms with van der Waals surface area (Å²) in [4.78, 5) is 13.6. The Balaban J connectivity index is 2.43. The summed E-state index contributed by atoms with van der Waals surface area (Å²) in [6, 6.07) is 0. The maximum Gasteiger partial charge on any atom is 0.225 e. The second-order valence-electron chi connectivity index (χ2n) is 4.88. The summed E-state index contributed by atoms with van der Waals surface area (Å²) >= 11 is 0. The summed E-state index contributed by atoms with van der Waals surface area (Å²) < 4.78 is 0. The first-order chi connectivity index (χ1) is 5.83. The van der Waals surface area contributed by atoms with E-state index in [1.165, 1.54) is 0 Å². The number of carbonyl (C=O) groups is 1. The van der Waals surface area contributed by atoms with Crippen LogP contribution in [0.5, 0.6) is 0 Å². The fraction of sp³-hybridized carbons (Fsp3) is 0.900. The van der Waals surface area contributed by atoms with Crippen molar-refractivity contribution in [1.82, 2.24) is 4.90 Å². The molecule has 0 saturated carbocycles. The normalized spacial score (nSPS) is 22.8. The molecule has 0 aliphatic carbocycles. The fourth-order valence-electron chi connectivity index (χ4n) is 1.55. The molecule has 1 amide bonds. The molecule has 1 fully saturated rings. The minimum absolute atomic E-state index is 0.121. The van der Waals surface area contributed by atoms with Crippen LogP contribution in [-0.4, -0.2) is 29.4 Å². The van der Waals surface area contributed by atoms with E-state index >= 15 is 0 Å². The van der Waals surface area contributed by atoms with E-state index in [-0.39, 0.29) is 17.4 Å². The molecule has 0 aromatic heterocycles. The van der Waals surface area contributed by atoms with Gasteiger partial charge in [0.1, 0.15) is 0 Å². The molecule has 0 radical (unpaired) electrons. The molecule has 1 rings (SSSR count). The molecular weight excluding hydrogens is 164 g/mol. The molecule has 0 aromatic carbocycles. The van der Waals surface area contributed by atoms with Crippen molar-refractivity contribution in [2.24, 2.45) is 17.6 Å². The van der Waals surface area contributed by atoms with Gasteiger partial charge in [-0.05, 0) is 12.8 Å². The van der Waals surface area contributed by atoms with Crippen molar-refractivity contribution in [2.75, 3.05) is 13.1 Å². The number of hydrogen-bond acceptors (Lipinski definition) is 2. The lowest BCUT2D eigenvalue weighted by atomic mass is 9.89. The Bertz CT molecular complexity index is 203. The summed E-state index contributed by atoms with van der Waals surface area (Å²) in [5, 5.41) is 0. The Morgan fingerprint density at radius 3 is 2.15 bits per heavy atom. The van der Waals surface area contributed by atoms with Crippen molar-refractivity contribution >= 4 is 5.91 Å². The second kappa shape index (κ2) is 3.29. The van der Waals surface area contributed by atoms with Crippen LogP contribution in [0, 0.1) is 11.8 Å². The van der Waals surface area contributed by atoms with Gasteiger partial charge in [-0.15, -0.1) is 0 Å². The number of nitrogens with two attached hydrogens (primary N) is 1. The minimum Gasteiger partial charge on any atom is -0.339 e. The molecule has 0 spiro atoms. The van der Waals surface area contributed by atoms with E-state index < -0.39 is 0 Å². The molecule has 3 nitrogen and oxygen atoms in total. The van der Waals surface area contributed by atoms with Crippen LogP contribution in [0.2, 0.25) is 0 Å². The van der Waals surface area contributed by atoms with E-state index in [1.807, 2.05) is 18.7 Å². The van der Waals surface area contributed by atoms with Crippen molar-refractivity contribution in [1.29, 1.82) is 0 Å². The lowest BCUT2D eigenvalue weighted by molar-refractivity contribution is -0.143. The summed E-state index contributed by atoms with van der Waals surface area (Å²) in [5.74, 6) is 0.783. The van der Waals surface area contributed by atoms with Crippen molar-refractivity contribution in [3.63, 3.8) is 0 Å². The maximum absolute atomic E-state index is 11.7. The molecule has 1 aliphatic heterocycles. The molecule has 1 aliphatic rings. The van der Waals surface area contributed by atoms with Gasteiger partial charge in [-0.1, -0.05) is 20.8 Å². The predicted octanol–water partition coefficient (Wildman–Crippen LogP) is 0.838. The second-order valence-corrected chi connectivity index (χ2v) is 4.88. The molecule has 2 N–H and O–H groups in total. The van der Waals surface area contributed by atoms with Gasteiger partial charge in [-0.2, -0.15) is 0 Å². The average Bonchev–Trinajstić information content (AvgIpc) is 1.97. The van der Waals surface area contributed by atoms with E-state index in [0.717, 1.165) is 0 Å². The number of carbonyl (C=O) groups excluding carboxylic acids is 1. The van der Waals surface area contributed by atoms with Crippen LogP contribution in [0.4, 0.5) is 0 Å². The van der Waals surface area contributed by atoms with Crippen LogP contribution >= 0.6 is 0 Å². The van der Waals surface area contributed by atoms with Gasteiger partial charge in [0.15, 0.2) is 0 Å². The first-order valence-electron chi connectivity index (χ1n) is 4.91. The first-order valence-corrected chi connectivity index (χ1v) is 4.91. The smallest absolute Gasteiger partial charge is 0.225 e. The molecule has 76 valence electrons. The SMILES string of the molecule is CC(C)C(C)C(=O)N1CC(C)(N)C1. The highest BCUT2D eigenvalue weighted by Gasteiger charge is 2.39. The molecule has 0 bridgehead atoms. The van der Waals surface area contributed by atoms with Gasteiger partial charge in [0.05, 0.1) is 0 Å². The van der Waals surface area contributed by atoms with E-state index in [9.17, 15) is 4.79 Å². The first kappa shape index (κ1) is 10.5. The largest absolute Gasteiger partial charge is 0.339 e. The van der Waals surface area contributed by atoms with Gasteiger partial charge in [0, 0.05) is 24.5 Å². The number of likely N-dealkylation sites (tertiary alicyclic amines) is 1. The molecule has 1 saturated heterocycles. The zero-order valence-electron chi connectivity index (χ0n) is 9.00.